The summed E-state index contributed by atoms with van der Waals surface area (Å²) in [7, 11) is 0. The van der Waals surface area contributed by atoms with Crippen LogP contribution in [0.15, 0.2) is 28.7 Å². The third kappa shape index (κ3) is 3.59. The number of rotatable bonds is 4. The highest BCUT2D eigenvalue weighted by Crippen LogP contribution is 2.29. The van der Waals surface area contributed by atoms with Gasteiger partial charge in [0.1, 0.15) is 17.4 Å². The minimum Gasteiger partial charge on any atom is -0.444 e. The molecule has 28 heavy (non-hydrogen) atoms. The SMILES string of the molecule is Cc1oc(NC(=O)CN2CCN(c3nc4ccccc4s3)CC2)c(C#N)c1C. The zero-order valence-corrected chi connectivity index (χ0v) is 16.7. The van der Waals surface area contributed by atoms with E-state index >= 15 is 0 Å². The number of amides is 1. The number of hydrogen-bond acceptors (Lipinski definition) is 7. The largest absolute Gasteiger partial charge is 0.444 e. The molecule has 1 N–H and O–H groups in total. The second-order valence-electron chi connectivity index (χ2n) is 6.87. The third-order valence-corrected chi connectivity index (χ3v) is 6.14. The van der Waals surface area contributed by atoms with Crippen LogP contribution in [0.25, 0.3) is 10.2 Å². The van der Waals surface area contributed by atoms with Crippen molar-refractivity contribution in [1.29, 1.82) is 5.26 Å². The number of fused-ring (bicyclic) bond motifs is 1. The van der Waals surface area contributed by atoms with Crippen LogP contribution in [0, 0.1) is 25.2 Å². The van der Waals surface area contributed by atoms with Gasteiger partial charge in [0.05, 0.1) is 16.8 Å². The highest BCUT2D eigenvalue weighted by molar-refractivity contribution is 7.22. The van der Waals surface area contributed by atoms with E-state index in [1.165, 1.54) is 4.70 Å². The number of thiazole rings is 1. The van der Waals surface area contributed by atoms with Crippen molar-refractivity contribution >= 4 is 38.5 Å². The maximum atomic E-state index is 12.4. The number of para-hydroxylation sites is 1. The van der Waals surface area contributed by atoms with Crippen molar-refractivity contribution in [3.8, 4) is 6.07 Å². The van der Waals surface area contributed by atoms with Gasteiger partial charge in [0.2, 0.25) is 11.8 Å². The molecule has 4 rings (SSSR count). The molecule has 3 heterocycles. The second-order valence-corrected chi connectivity index (χ2v) is 7.88. The van der Waals surface area contributed by atoms with Crippen LogP contribution in [0.3, 0.4) is 0 Å². The van der Waals surface area contributed by atoms with Crippen molar-refractivity contribution < 1.29 is 9.21 Å². The number of benzene rings is 1. The van der Waals surface area contributed by atoms with E-state index in [1.54, 1.807) is 18.3 Å². The normalized spacial score (nSPS) is 15.0. The quantitative estimate of drug-likeness (QED) is 0.730. The van der Waals surface area contributed by atoms with E-state index < -0.39 is 0 Å². The Morgan fingerprint density at radius 1 is 1.29 bits per heavy atom. The van der Waals surface area contributed by atoms with E-state index in [0.29, 0.717) is 11.3 Å². The van der Waals surface area contributed by atoms with Gasteiger partial charge in [-0.1, -0.05) is 23.5 Å². The van der Waals surface area contributed by atoms with Gasteiger partial charge in [0.15, 0.2) is 5.13 Å². The summed E-state index contributed by atoms with van der Waals surface area (Å²) in [6, 6.07) is 10.2. The van der Waals surface area contributed by atoms with Crippen LogP contribution < -0.4 is 10.2 Å². The van der Waals surface area contributed by atoms with Gasteiger partial charge in [0.25, 0.3) is 0 Å². The monoisotopic (exact) mass is 395 g/mol. The average molecular weight is 395 g/mol. The summed E-state index contributed by atoms with van der Waals surface area (Å²) in [6.07, 6.45) is 0. The summed E-state index contributed by atoms with van der Waals surface area (Å²) in [5.74, 6) is 0.727. The molecule has 0 radical (unpaired) electrons. The fraction of sp³-hybridized carbons (Fsp3) is 0.350. The molecule has 0 spiro atoms. The third-order valence-electron chi connectivity index (χ3n) is 5.04. The zero-order chi connectivity index (χ0) is 19.7. The maximum absolute atomic E-state index is 12.4. The molecule has 1 aliphatic heterocycles. The van der Waals surface area contributed by atoms with Crippen molar-refractivity contribution in [2.75, 3.05) is 42.9 Å². The maximum Gasteiger partial charge on any atom is 0.240 e. The summed E-state index contributed by atoms with van der Waals surface area (Å²) in [5.41, 5.74) is 2.19. The van der Waals surface area contributed by atoms with E-state index in [4.69, 9.17) is 9.40 Å². The minimum absolute atomic E-state index is 0.168. The number of furan rings is 1. The lowest BCUT2D eigenvalue weighted by Crippen LogP contribution is -2.48. The Bertz CT molecular complexity index is 1020. The predicted octanol–water partition coefficient (Wildman–Crippen LogP) is 3.14. The molecule has 0 atom stereocenters. The Morgan fingerprint density at radius 2 is 2.04 bits per heavy atom. The van der Waals surface area contributed by atoms with Crippen molar-refractivity contribution in [2.45, 2.75) is 13.8 Å². The van der Waals surface area contributed by atoms with E-state index in [-0.39, 0.29) is 18.3 Å². The molecule has 0 aliphatic carbocycles. The van der Waals surface area contributed by atoms with E-state index in [2.05, 4.69) is 27.3 Å². The summed E-state index contributed by atoms with van der Waals surface area (Å²) in [4.78, 5) is 21.5. The van der Waals surface area contributed by atoms with Gasteiger partial charge in [0, 0.05) is 31.7 Å². The van der Waals surface area contributed by atoms with Gasteiger partial charge in [-0.2, -0.15) is 5.26 Å². The van der Waals surface area contributed by atoms with Crippen molar-refractivity contribution in [3.05, 3.63) is 41.2 Å². The van der Waals surface area contributed by atoms with Gasteiger partial charge in [-0.25, -0.2) is 4.98 Å². The number of carbonyl (C=O) groups excluding carboxylic acids is 1. The lowest BCUT2D eigenvalue weighted by atomic mass is 10.2. The summed E-state index contributed by atoms with van der Waals surface area (Å²) in [5, 5.41) is 13.0. The van der Waals surface area contributed by atoms with Crippen LogP contribution in [0.5, 0.6) is 0 Å². The zero-order valence-electron chi connectivity index (χ0n) is 15.9. The fourth-order valence-electron chi connectivity index (χ4n) is 3.31. The van der Waals surface area contributed by atoms with E-state index in [9.17, 15) is 10.1 Å². The molecule has 1 amide bonds. The minimum atomic E-state index is -0.168. The molecular weight excluding hydrogens is 374 g/mol. The summed E-state index contributed by atoms with van der Waals surface area (Å²) in [6.45, 7) is 7.10. The Hall–Kier alpha value is -2.89. The summed E-state index contributed by atoms with van der Waals surface area (Å²) >= 11 is 1.70. The molecule has 144 valence electrons. The van der Waals surface area contributed by atoms with Gasteiger partial charge < -0.3 is 9.32 Å². The van der Waals surface area contributed by atoms with Crippen LogP contribution in [0.4, 0.5) is 11.0 Å². The number of hydrogen-bond donors (Lipinski definition) is 1. The van der Waals surface area contributed by atoms with Crippen LogP contribution in [0.1, 0.15) is 16.9 Å². The molecule has 1 fully saturated rings. The van der Waals surface area contributed by atoms with E-state index in [1.807, 2.05) is 25.1 Å². The molecule has 2 aromatic heterocycles. The number of carbonyl (C=O) groups is 1. The first-order valence-corrected chi connectivity index (χ1v) is 9.99. The number of aryl methyl sites for hydroxylation is 1. The number of piperazine rings is 1. The van der Waals surface area contributed by atoms with Gasteiger partial charge in [-0.3, -0.25) is 15.0 Å². The van der Waals surface area contributed by atoms with Crippen LogP contribution >= 0.6 is 11.3 Å². The van der Waals surface area contributed by atoms with Gasteiger partial charge in [-0.05, 0) is 26.0 Å². The molecule has 7 nitrogen and oxygen atoms in total. The Balaban J connectivity index is 1.33. The van der Waals surface area contributed by atoms with Crippen LogP contribution in [-0.2, 0) is 4.79 Å². The molecular formula is C20H21N5O2S. The Kier molecular flexibility index (Phi) is 5.03. The predicted molar refractivity (Wildman–Crippen MR) is 110 cm³/mol. The number of nitrogens with zero attached hydrogens (tertiary/aromatic N) is 4. The smallest absolute Gasteiger partial charge is 0.240 e. The molecule has 8 heteroatoms. The summed E-state index contributed by atoms with van der Waals surface area (Å²) < 4.78 is 6.70. The fourth-order valence-corrected chi connectivity index (χ4v) is 4.33. The van der Waals surface area contributed by atoms with Gasteiger partial charge in [-0.15, -0.1) is 0 Å². The van der Waals surface area contributed by atoms with Crippen LogP contribution in [0.2, 0.25) is 0 Å². The van der Waals surface area contributed by atoms with Crippen LogP contribution in [-0.4, -0.2) is 48.5 Å². The standard InChI is InChI=1S/C20H21N5O2S/c1-13-14(2)27-19(15(13)11-21)23-18(26)12-24-7-9-25(10-8-24)20-22-16-5-3-4-6-17(16)28-20/h3-6H,7-10,12H2,1-2H3,(H,23,26). The molecule has 0 unspecified atom stereocenters. The van der Waals surface area contributed by atoms with Gasteiger partial charge >= 0.3 is 0 Å². The molecule has 0 saturated carbocycles. The number of nitriles is 1. The van der Waals surface area contributed by atoms with E-state index in [0.717, 1.165) is 42.4 Å². The highest BCUT2D eigenvalue weighted by Gasteiger charge is 2.23. The lowest BCUT2D eigenvalue weighted by molar-refractivity contribution is -0.117. The van der Waals surface area contributed by atoms with Crippen molar-refractivity contribution in [3.63, 3.8) is 0 Å². The van der Waals surface area contributed by atoms with Crippen molar-refractivity contribution in [2.24, 2.45) is 0 Å². The molecule has 1 saturated heterocycles. The number of nitrogens with one attached hydrogen (secondary N) is 1. The molecule has 3 aromatic rings. The molecule has 1 aliphatic rings. The first-order valence-electron chi connectivity index (χ1n) is 9.18. The highest BCUT2D eigenvalue weighted by atomic mass is 32.1. The first-order chi connectivity index (χ1) is 13.5. The molecule has 0 bridgehead atoms. The first kappa shape index (κ1) is 18.5. The Labute approximate surface area is 167 Å². The number of anilines is 2. The number of aromatic nitrogens is 1. The Morgan fingerprint density at radius 3 is 2.75 bits per heavy atom. The molecule has 1 aromatic carbocycles. The van der Waals surface area contributed by atoms with Crippen molar-refractivity contribution in [1.82, 2.24) is 9.88 Å². The average Bonchev–Trinajstić information content (AvgIpc) is 3.23. The second kappa shape index (κ2) is 7.62. The lowest BCUT2D eigenvalue weighted by Gasteiger charge is -2.34. The topological polar surface area (TPSA) is 85.4 Å².